The third-order valence-corrected chi connectivity index (χ3v) is 4.07. The summed E-state index contributed by atoms with van der Waals surface area (Å²) >= 11 is 5.85. The molecule has 1 N–H and O–H groups in total. The van der Waals surface area contributed by atoms with Gasteiger partial charge in [-0.15, -0.1) is 0 Å². The van der Waals surface area contributed by atoms with Crippen LogP contribution in [0.15, 0.2) is 42.5 Å². The van der Waals surface area contributed by atoms with Crippen molar-refractivity contribution in [2.24, 2.45) is 0 Å². The molecular formula is C22H24ClNO3. The summed E-state index contributed by atoms with van der Waals surface area (Å²) in [5.74, 6) is 7.38. The fourth-order valence-corrected chi connectivity index (χ4v) is 2.56. The van der Waals surface area contributed by atoms with Crippen molar-refractivity contribution in [3.8, 4) is 23.3 Å². The summed E-state index contributed by atoms with van der Waals surface area (Å²) in [6.45, 7) is 2.85. The molecule has 0 heterocycles. The lowest BCUT2D eigenvalue weighted by molar-refractivity contribution is -0.121. The van der Waals surface area contributed by atoms with Crippen LogP contribution >= 0.6 is 11.6 Å². The highest BCUT2D eigenvalue weighted by Crippen LogP contribution is 2.28. The first kappa shape index (κ1) is 20.7. The molecule has 0 saturated carbocycles. The van der Waals surface area contributed by atoms with Crippen molar-refractivity contribution in [1.82, 2.24) is 5.32 Å². The molecule has 2 rings (SSSR count). The van der Waals surface area contributed by atoms with Gasteiger partial charge >= 0.3 is 0 Å². The van der Waals surface area contributed by atoms with Crippen LogP contribution in [0.1, 0.15) is 30.9 Å². The molecule has 142 valence electrons. The van der Waals surface area contributed by atoms with E-state index in [4.69, 9.17) is 21.1 Å². The van der Waals surface area contributed by atoms with Crippen LogP contribution in [0.2, 0.25) is 5.02 Å². The van der Waals surface area contributed by atoms with Gasteiger partial charge in [-0.3, -0.25) is 4.79 Å². The second-order valence-electron chi connectivity index (χ2n) is 5.93. The number of hydrogen-bond acceptors (Lipinski definition) is 3. The normalized spacial score (nSPS) is 9.89. The highest BCUT2D eigenvalue weighted by molar-refractivity contribution is 6.30. The van der Waals surface area contributed by atoms with Crippen LogP contribution in [0, 0.1) is 11.8 Å². The largest absolute Gasteiger partial charge is 0.493 e. The third kappa shape index (κ3) is 7.24. The van der Waals surface area contributed by atoms with E-state index in [-0.39, 0.29) is 12.5 Å². The average Bonchev–Trinajstić information content (AvgIpc) is 2.67. The van der Waals surface area contributed by atoms with E-state index >= 15 is 0 Å². The van der Waals surface area contributed by atoms with Crippen molar-refractivity contribution in [2.75, 3.05) is 20.3 Å². The van der Waals surface area contributed by atoms with Gasteiger partial charge in [-0.1, -0.05) is 36.4 Å². The number of rotatable bonds is 8. The maximum atomic E-state index is 11.5. The van der Waals surface area contributed by atoms with Crippen molar-refractivity contribution >= 4 is 17.5 Å². The fraction of sp³-hybridized carbons (Fsp3) is 0.318. The molecule has 1 amide bonds. The Morgan fingerprint density at radius 2 is 1.93 bits per heavy atom. The summed E-state index contributed by atoms with van der Waals surface area (Å²) in [5, 5.41) is 3.59. The number of benzene rings is 2. The smallest absolute Gasteiger partial charge is 0.219 e. The summed E-state index contributed by atoms with van der Waals surface area (Å²) < 4.78 is 11.1. The van der Waals surface area contributed by atoms with E-state index in [0.717, 1.165) is 24.0 Å². The Kier molecular flexibility index (Phi) is 8.54. The van der Waals surface area contributed by atoms with Crippen LogP contribution in [0.5, 0.6) is 11.5 Å². The van der Waals surface area contributed by atoms with Crippen molar-refractivity contribution in [3.63, 3.8) is 0 Å². The van der Waals surface area contributed by atoms with Crippen molar-refractivity contribution in [3.05, 3.63) is 58.6 Å². The summed E-state index contributed by atoms with van der Waals surface area (Å²) in [4.78, 5) is 11.5. The molecule has 0 atom stereocenters. The zero-order chi connectivity index (χ0) is 19.5. The number of carbonyl (C=O) groups is 1. The van der Waals surface area contributed by atoms with Gasteiger partial charge in [0, 0.05) is 23.6 Å². The number of nitrogens with one attached hydrogen (secondary N) is 1. The highest BCUT2D eigenvalue weighted by Gasteiger charge is 2.06. The van der Waals surface area contributed by atoms with Gasteiger partial charge in [0.2, 0.25) is 5.91 Å². The first-order valence-corrected chi connectivity index (χ1v) is 9.31. The lowest BCUT2D eigenvalue weighted by atomic mass is 10.1. The van der Waals surface area contributed by atoms with Crippen LogP contribution in [0.3, 0.4) is 0 Å². The van der Waals surface area contributed by atoms with Gasteiger partial charge < -0.3 is 14.8 Å². The lowest BCUT2D eigenvalue weighted by Crippen LogP contribution is -2.25. The summed E-state index contributed by atoms with van der Waals surface area (Å²) in [5.41, 5.74) is 1.96. The van der Waals surface area contributed by atoms with E-state index in [9.17, 15) is 4.79 Å². The molecule has 0 unspecified atom stereocenters. The minimum Gasteiger partial charge on any atom is -0.493 e. The monoisotopic (exact) mass is 385 g/mol. The van der Waals surface area contributed by atoms with Gasteiger partial charge in [0.1, 0.15) is 6.61 Å². The molecule has 4 nitrogen and oxygen atoms in total. The predicted octanol–water partition coefficient (Wildman–Crippen LogP) is 4.24. The Hall–Kier alpha value is -2.64. The number of halogens is 1. The Labute approximate surface area is 165 Å². The molecule has 0 aliphatic carbocycles. The van der Waals surface area contributed by atoms with Gasteiger partial charge in [0.05, 0.1) is 7.11 Å². The van der Waals surface area contributed by atoms with Crippen molar-refractivity contribution in [1.29, 1.82) is 0 Å². The number of ether oxygens (including phenoxy) is 2. The van der Waals surface area contributed by atoms with Crippen LogP contribution in [-0.2, 0) is 11.2 Å². The SMILES string of the molecule is CCCC(=O)NCCc1ccc(OCC#Cc2ccc(Cl)cc2)c(OC)c1. The van der Waals surface area contributed by atoms with Crippen LogP contribution in [-0.4, -0.2) is 26.2 Å². The summed E-state index contributed by atoms with van der Waals surface area (Å²) in [6.07, 6.45) is 2.15. The number of carbonyl (C=O) groups excluding carboxylic acids is 1. The van der Waals surface area contributed by atoms with Crippen molar-refractivity contribution in [2.45, 2.75) is 26.2 Å². The van der Waals surface area contributed by atoms with Gasteiger partial charge in [-0.25, -0.2) is 0 Å². The maximum Gasteiger partial charge on any atom is 0.219 e. The van der Waals surface area contributed by atoms with E-state index in [2.05, 4.69) is 17.2 Å². The molecule has 2 aromatic carbocycles. The quantitative estimate of drug-likeness (QED) is 0.691. The predicted molar refractivity (Wildman–Crippen MR) is 108 cm³/mol. The number of hydrogen-bond donors (Lipinski definition) is 1. The van der Waals surface area contributed by atoms with Gasteiger partial charge in [0.15, 0.2) is 11.5 Å². The fourth-order valence-electron chi connectivity index (χ4n) is 2.43. The van der Waals surface area contributed by atoms with Gasteiger partial charge in [0.25, 0.3) is 0 Å². The standard InChI is InChI=1S/C22H24ClNO3/c1-3-5-22(25)24-14-13-18-9-12-20(21(16-18)26-2)27-15-4-6-17-7-10-19(23)11-8-17/h7-12,16H,3,5,13-15H2,1-2H3,(H,24,25). The second-order valence-corrected chi connectivity index (χ2v) is 6.37. The maximum absolute atomic E-state index is 11.5. The van der Waals surface area contributed by atoms with Crippen LogP contribution in [0.4, 0.5) is 0 Å². The zero-order valence-electron chi connectivity index (χ0n) is 15.7. The van der Waals surface area contributed by atoms with Crippen molar-refractivity contribution < 1.29 is 14.3 Å². The zero-order valence-corrected chi connectivity index (χ0v) is 16.4. The molecule has 5 heteroatoms. The Morgan fingerprint density at radius 3 is 2.63 bits per heavy atom. The van der Waals surface area contributed by atoms with Crippen LogP contribution < -0.4 is 14.8 Å². The molecule has 0 aliphatic rings. The molecule has 0 aliphatic heterocycles. The molecular weight excluding hydrogens is 362 g/mol. The minimum absolute atomic E-state index is 0.0867. The molecule has 0 fully saturated rings. The molecule has 2 aromatic rings. The first-order chi connectivity index (χ1) is 13.1. The molecule has 0 saturated heterocycles. The highest BCUT2D eigenvalue weighted by atomic mass is 35.5. The first-order valence-electron chi connectivity index (χ1n) is 8.93. The lowest BCUT2D eigenvalue weighted by Gasteiger charge is -2.11. The Bertz CT molecular complexity index is 807. The third-order valence-electron chi connectivity index (χ3n) is 3.82. The molecule has 0 spiro atoms. The number of amides is 1. The molecule has 0 radical (unpaired) electrons. The molecule has 27 heavy (non-hydrogen) atoms. The topological polar surface area (TPSA) is 47.6 Å². The Morgan fingerprint density at radius 1 is 1.15 bits per heavy atom. The average molecular weight is 386 g/mol. The van der Waals surface area contributed by atoms with E-state index in [1.807, 2.05) is 37.3 Å². The summed E-state index contributed by atoms with van der Waals surface area (Å²) in [7, 11) is 1.61. The van der Waals surface area contributed by atoms with E-state index in [1.54, 1.807) is 19.2 Å². The second kappa shape index (κ2) is 11.2. The summed E-state index contributed by atoms with van der Waals surface area (Å²) in [6, 6.07) is 13.1. The van der Waals surface area contributed by atoms with E-state index in [0.29, 0.717) is 29.5 Å². The minimum atomic E-state index is 0.0867. The van der Waals surface area contributed by atoms with E-state index in [1.165, 1.54) is 0 Å². The molecule has 0 aromatic heterocycles. The Balaban J connectivity index is 1.88. The van der Waals surface area contributed by atoms with Gasteiger partial charge in [-0.05, 0) is 54.8 Å². The number of methoxy groups -OCH3 is 1. The van der Waals surface area contributed by atoms with Crippen LogP contribution in [0.25, 0.3) is 0 Å². The van der Waals surface area contributed by atoms with E-state index < -0.39 is 0 Å². The molecule has 0 bridgehead atoms. The van der Waals surface area contributed by atoms with Gasteiger partial charge in [-0.2, -0.15) is 0 Å².